The zero-order chi connectivity index (χ0) is 29.2. The van der Waals surface area contributed by atoms with Gasteiger partial charge in [-0.05, 0) is 53.7 Å². The fourth-order valence-corrected chi connectivity index (χ4v) is 3.91. The van der Waals surface area contributed by atoms with E-state index in [1.807, 2.05) is 32.9 Å². The van der Waals surface area contributed by atoms with Gasteiger partial charge in [0.1, 0.15) is 22.8 Å². The number of carbonyl (C=O) groups excluding carboxylic acids is 3. The molecule has 4 heterocycles. The molecule has 1 saturated heterocycles. The molecule has 3 aromatic rings. The Hall–Kier alpha value is -4.42. The molecule has 1 N–H and O–H groups in total. The van der Waals surface area contributed by atoms with Crippen molar-refractivity contribution in [2.45, 2.75) is 52.7 Å². The average molecular weight is 553 g/mol. The summed E-state index contributed by atoms with van der Waals surface area (Å²) in [6.07, 6.45) is 3.44. The van der Waals surface area contributed by atoms with Gasteiger partial charge in [-0.15, -0.1) is 0 Å². The smallest absolute Gasteiger partial charge is 0.435 e. The van der Waals surface area contributed by atoms with Gasteiger partial charge in [0.25, 0.3) is 0 Å². The van der Waals surface area contributed by atoms with E-state index in [2.05, 4.69) is 20.3 Å². The first kappa shape index (κ1) is 28.6. The van der Waals surface area contributed by atoms with E-state index in [1.165, 1.54) is 17.3 Å². The SMILES string of the molecule is CN(C(=O)Nc1cnn(C(=O)OC(C)(C)C)c1)c1cc2nc(N3CCN(C(=O)OC(C)(C)C)CC3)ccc2cn1. The van der Waals surface area contributed by atoms with E-state index in [-0.39, 0.29) is 6.09 Å². The lowest BCUT2D eigenvalue weighted by Gasteiger charge is -2.36. The highest BCUT2D eigenvalue weighted by atomic mass is 16.6. The summed E-state index contributed by atoms with van der Waals surface area (Å²) in [5.74, 6) is 1.17. The Bertz CT molecular complexity index is 1400. The summed E-state index contributed by atoms with van der Waals surface area (Å²) >= 11 is 0. The Morgan fingerprint density at radius 1 is 0.925 bits per heavy atom. The standard InChI is InChI=1S/C27H36N8O5/c1-26(2,3)39-24(37)34-12-10-33(11-13-34)21-9-8-18-15-28-22(14-20(18)31-21)32(7)23(36)30-19-16-29-35(17-19)25(38)40-27(4,5)6/h8-9,14-17H,10-13H2,1-7H3,(H,30,36). The van der Waals surface area contributed by atoms with Gasteiger partial charge < -0.3 is 24.6 Å². The molecule has 214 valence electrons. The molecule has 1 fully saturated rings. The molecule has 0 bridgehead atoms. The third-order valence-electron chi connectivity index (χ3n) is 5.86. The number of nitrogens with one attached hydrogen (secondary N) is 1. The van der Waals surface area contributed by atoms with Crippen molar-refractivity contribution in [3.63, 3.8) is 0 Å². The molecule has 0 radical (unpaired) electrons. The molecule has 0 aromatic carbocycles. The molecule has 1 aliphatic heterocycles. The first-order chi connectivity index (χ1) is 18.7. The van der Waals surface area contributed by atoms with Gasteiger partial charge in [0.2, 0.25) is 0 Å². The zero-order valence-corrected chi connectivity index (χ0v) is 24.0. The van der Waals surface area contributed by atoms with E-state index in [4.69, 9.17) is 14.5 Å². The van der Waals surface area contributed by atoms with E-state index in [0.717, 1.165) is 15.9 Å². The summed E-state index contributed by atoms with van der Waals surface area (Å²) in [4.78, 5) is 51.8. The first-order valence-corrected chi connectivity index (χ1v) is 13.0. The summed E-state index contributed by atoms with van der Waals surface area (Å²) in [6, 6.07) is 5.12. The summed E-state index contributed by atoms with van der Waals surface area (Å²) in [5, 5.41) is 7.49. The van der Waals surface area contributed by atoms with Gasteiger partial charge in [0, 0.05) is 50.9 Å². The highest BCUT2D eigenvalue weighted by Crippen LogP contribution is 2.23. The quantitative estimate of drug-likeness (QED) is 0.503. The first-order valence-electron chi connectivity index (χ1n) is 13.0. The van der Waals surface area contributed by atoms with Crippen molar-refractivity contribution in [1.82, 2.24) is 24.6 Å². The number of ether oxygens (including phenoxy) is 2. The number of hydrogen-bond acceptors (Lipinski definition) is 9. The highest BCUT2D eigenvalue weighted by molar-refractivity contribution is 6.01. The Kier molecular flexibility index (Phi) is 7.85. The number of urea groups is 1. The molecule has 0 aliphatic carbocycles. The Labute approximate surface area is 233 Å². The van der Waals surface area contributed by atoms with E-state index >= 15 is 0 Å². The summed E-state index contributed by atoms with van der Waals surface area (Å²) < 4.78 is 11.8. The second kappa shape index (κ2) is 11.0. The largest absolute Gasteiger partial charge is 0.444 e. The maximum absolute atomic E-state index is 12.9. The van der Waals surface area contributed by atoms with Crippen LogP contribution in [0.3, 0.4) is 0 Å². The Morgan fingerprint density at radius 3 is 2.23 bits per heavy atom. The molecule has 1 aliphatic rings. The number of rotatable bonds is 3. The monoisotopic (exact) mass is 552 g/mol. The summed E-state index contributed by atoms with van der Waals surface area (Å²) in [7, 11) is 1.58. The molecule has 13 nitrogen and oxygen atoms in total. The van der Waals surface area contributed by atoms with E-state index in [1.54, 1.807) is 45.0 Å². The number of piperazine rings is 1. The van der Waals surface area contributed by atoms with Crippen molar-refractivity contribution in [2.75, 3.05) is 48.3 Å². The predicted octanol–water partition coefficient (Wildman–Crippen LogP) is 4.33. The molecule has 0 saturated carbocycles. The fourth-order valence-electron chi connectivity index (χ4n) is 3.91. The minimum Gasteiger partial charge on any atom is -0.444 e. The van der Waals surface area contributed by atoms with Crippen LogP contribution in [0, 0.1) is 0 Å². The molecule has 3 amide bonds. The van der Waals surface area contributed by atoms with Crippen LogP contribution in [0.4, 0.5) is 31.7 Å². The minimum absolute atomic E-state index is 0.312. The number of pyridine rings is 2. The van der Waals surface area contributed by atoms with E-state index in [0.29, 0.717) is 43.2 Å². The third-order valence-corrected chi connectivity index (χ3v) is 5.86. The minimum atomic E-state index is -0.670. The number of aromatic nitrogens is 4. The molecule has 0 spiro atoms. The van der Waals surface area contributed by atoms with Gasteiger partial charge in [-0.2, -0.15) is 9.78 Å². The van der Waals surface area contributed by atoms with Crippen molar-refractivity contribution in [3.05, 3.63) is 36.8 Å². The van der Waals surface area contributed by atoms with Crippen LogP contribution in [0.25, 0.3) is 10.9 Å². The number of anilines is 3. The second-order valence-electron chi connectivity index (χ2n) is 11.5. The molecule has 0 unspecified atom stereocenters. The van der Waals surface area contributed by atoms with Gasteiger partial charge >= 0.3 is 18.2 Å². The van der Waals surface area contributed by atoms with Crippen LogP contribution in [-0.2, 0) is 9.47 Å². The van der Waals surface area contributed by atoms with Gasteiger partial charge in [-0.25, -0.2) is 24.4 Å². The van der Waals surface area contributed by atoms with Gasteiger partial charge in [0.15, 0.2) is 0 Å². The molecule has 3 aromatic heterocycles. The maximum atomic E-state index is 12.9. The fraction of sp³-hybridized carbons (Fsp3) is 0.481. The van der Waals surface area contributed by atoms with Crippen molar-refractivity contribution in [3.8, 4) is 0 Å². The number of nitrogens with zero attached hydrogens (tertiary/aromatic N) is 7. The van der Waals surface area contributed by atoms with Crippen molar-refractivity contribution in [2.24, 2.45) is 0 Å². The Morgan fingerprint density at radius 2 is 1.57 bits per heavy atom. The van der Waals surface area contributed by atoms with Crippen LogP contribution < -0.4 is 15.1 Å². The zero-order valence-electron chi connectivity index (χ0n) is 24.0. The summed E-state index contributed by atoms with van der Waals surface area (Å²) in [5.41, 5.74) is -0.202. The lowest BCUT2D eigenvalue weighted by molar-refractivity contribution is 0.0240. The molecule has 4 rings (SSSR count). The lowest BCUT2D eigenvalue weighted by atomic mass is 10.2. The number of amides is 3. The van der Waals surface area contributed by atoms with Crippen molar-refractivity contribution < 1.29 is 23.9 Å². The molecule has 40 heavy (non-hydrogen) atoms. The van der Waals surface area contributed by atoms with Gasteiger partial charge in [-0.1, -0.05) is 0 Å². The van der Waals surface area contributed by atoms with Crippen molar-refractivity contribution in [1.29, 1.82) is 0 Å². The van der Waals surface area contributed by atoms with Crippen LogP contribution in [0.5, 0.6) is 0 Å². The molecule has 0 atom stereocenters. The average Bonchev–Trinajstić information content (AvgIpc) is 3.34. The number of carbonyl (C=O) groups is 3. The predicted molar refractivity (Wildman–Crippen MR) is 151 cm³/mol. The van der Waals surface area contributed by atoms with Crippen LogP contribution >= 0.6 is 0 Å². The van der Waals surface area contributed by atoms with Crippen LogP contribution in [0.15, 0.2) is 36.8 Å². The molecule has 13 heteroatoms. The van der Waals surface area contributed by atoms with E-state index in [9.17, 15) is 14.4 Å². The van der Waals surface area contributed by atoms with Crippen molar-refractivity contribution >= 4 is 46.4 Å². The van der Waals surface area contributed by atoms with Crippen LogP contribution in [-0.4, -0.2) is 87.3 Å². The van der Waals surface area contributed by atoms with E-state index < -0.39 is 23.3 Å². The van der Waals surface area contributed by atoms with Crippen LogP contribution in [0.2, 0.25) is 0 Å². The number of fused-ring (bicyclic) bond motifs is 1. The second-order valence-corrected chi connectivity index (χ2v) is 11.5. The number of hydrogen-bond donors (Lipinski definition) is 1. The molecular formula is C27H36N8O5. The highest BCUT2D eigenvalue weighted by Gasteiger charge is 2.26. The van der Waals surface area contributed by atoms with Gasteiger partial charge in [0.05, 0.1) is 23.6 Å². The summed E-state index contributed by atoms with van der Waals surface area (Å²) in [6.45, 7) is 13.1. The third kappa shape index (κ3) is 7.16. The van der Waals surface area contributed by atoms with Crippen LogP contribution in [0.1, 0.15) is 41.5 Å². The Balaban J connectivity index is 1.41. The normalized spacial score (nSPS) is 14.2. The lowest BCUT2D eigenvalue weighted by Crippen LogP contribution is -2.50. The molecular weight excluding hydrogens is 516 g/mol. The maximum Gasteiger partial charge on any atom is 0.435 e. The topological polar surface area (TPSA) is 135 Å². The van der Waals surface area contributed by atoms with Gasteiger partial charge in [-0.3, -0.25) is 4.90 Å².